The Hall–Kier alpha value is -2.57. The van der Waals surface area contributed by atoms with Gasteiger partial charge in [-0.15, -0.1) is 0 Å². The number of amides is 1. The van der Waals surface area contributed by atoms with Gasteiger partial charge in [0.25, 0.3) is 11.5 Å². The largest absolute Gasteiger partial charge is 0.390 e. The number of nitrogens with zero attached hydrogens (tertiary/aromatic N) is 2. The van der Waals surface area contributed by atoms with E-state index in [1.165, 1.54) is 6.34 Å². The number of aromatic nitrogens is 1. The minimum atomic E-state index is -0.742. The first-order chi connectivity index (χ1) is 11.8. The highest BCUT2D eigenvalue weighted by Crippen LogP contribution is 2.34. The maximum Gasteiger partial charge on any atom is 0.276 e. The second-order valence-electron chi connectivity index (χ2n) is 7.35. The van der Waals surface area contributed by atoms with Crippen molar-refractivity contribution in [3.8, 4) is 0 Å². The van der Waals surface area contributed by atoms with Crippen LogP contribution in [0.15, 0.2) is 28.1 Å². The van der Waals surface area contributed by atoms with E-state index >= 15 is 0 Å². The van der Waals surface area contributed by atoms with Crippen LogP contribution in [-0.4, -0.2) is 22.4 Å². The molecule has 0 saturated heterocycles. The molecule has 3 rings (SSSR count). The standard InChI is InChI=1S/C18H25N5O2/c1-12-10-13(16(25)23-14(12)15(24)22-17(23,2)3)21-18(6-4-5-7-18)8-9-20-11-19/h8-11,21H,4-7H2,1-3H3,(H2,19,20)(H,22,24)/b9-8-. The Kier molecular flexibility index (Phi) is 4.18. The first kappa shape index (κ1) is 17.3. The van der Waals surface area contributed by atoms with Crippen LogP contribution in [0.25, 0.3) is 0 Å². The van der Waals surface area contributed by atoms with E-state index in [0.717, 1.165) is 31.2 Å². The molecule has 4 N–H and O–H groups in total. The highest BCUT2D eigenvalue weighted by molar-refractivity contribution is 5.96. The van der Waals surface area contributed by atoms with Gasteiger partial charge < -0.3 is 16.4 Å². The van der Waals surface area contributed by atoms with Crippen molar-refractivity contribution in [3.63, 3.8) is 0 Å². The van der Waals surface area contributed by atoms with Gasteiger partial charge in [-0.2, -0.15) is 0 Å². The highest BCUT2D eigenvalue weighted by Gasteiger charge is 2.39. The van der Waals surface area contributed by atoms with Gasteiger partial charge in [0.15, 0.2) is 0 Å². The molecule has 1 aromatic rings. The lowest BCUT2D eigenvalue weighted by atomic mass is 9.97. The number of rotatable bonds is 4. The molecule has 7 nitrogen and oxygen atoms in total. The van der Waals surface area contributed by atoms with Crippen LogP contribution in [0.4, 0.5) is 5.69 Å². The Morgan fingerprint density at radius 1 is 1.32 bits per heavy atom. The maximum absolute atomic E-state index is 13.1. The van der Waals surface area contributed by atoms with Crippen LogP contribution in [0.2, 0.25) is 0 Å². The van der Waals surface area contributed by atoms with Gasteiger partial charge in [0.2, 0.25) is 0 Å². The number of anilines is 1. The number of hydrogen-bond donors (Lipinski definition) is 3. The molecule has 1 amide bonds. The number of aliphatic imine (C=N–C) groups is 1. The molecule has 0 bridgehead atoms. The van der Waals surface area contributed by atoms with Crippen molar-refractivity contribution in [2.75, 3.05) is 5.32 Å². The molecule has 0 unspecified atom stereocenters. The fourth-order valence-electron chi connectivity index (χ4n) is 3.88. The van der Waals surface area contributed by atoms with Gasteiger partial charge in [0, 0.05) is 6.20 Å². The van der Waals surface area contributed by atoms with Gasteiger partial charge in [-0.25, -0.2) is 4.99 Å². The molecule has 2 aliphatic rings. The molecule has 134 valence electrons. The van der Waals surface area contributed by atoms with Crippen molar-refractivity contribution in [1.82, 2.24) is 9.88 Å². The van der Waals surface area contributed by atoms with E-state index in [4.69, 9.17) is 5.73 Å². The summed E-state index contributed by atoms with van der Waals surface area (Å²) >= 11 is 0. The quantitative estimate of drug-likeness (QED) is 0.573. The Morgan fingerprint density at radius 3 is 2.64 bits per heavy atom. The van der Waals surface area contributed by atoms with E-state index in [9.17, 15) is 9.59 Å². The SMILES string of the molecule is Cc1cc(NC2(/C=C\N=C/N)CCCC2)c(=O)n2c1C(=O)NC2(C)C. The van der Waals surface area contributed by atoms with Crippen LogP contribution in [0, 0.1) is 6.92 Å². The molecule has 1 saturated carbocycles. The van der Waals surface area contributed by atoms with Crippen molar-refractivity contribution in [2.45, 2.75) is 57.7 Å². The summed E-state index contributed by atoms with van der Waals surface area (Å²) in [6.07, 6.45) is 8.90. The molecule has 2 heterocycles. The Labute approximate surface area is 147 Å². The average Bonchev–Trinajstić information content (AvgIpc) is 3.07. The van der Waals surface area contributed by atoms with Crippen LogP contribution in [0.1, 0.15) is 55.6 Å². The summed E-state index contributed by atoms with van der Waals surface area (Å²) in [5.41, 5.74) is 5.78. The number of aryl methyl sites for hydroxylation is 1. The summed E-state index contributed by atoms with van der Waals surface area (Å²) in [6, 6.07) is 1.77. The minimum absolute atomic E-state index is 0.189. The molecule has 1 aliphatic carbocycles. The Morgan fingerprint density at radius 2 is 2.00 bits per heavy atom. The number of pyridine rings is 1. The van der Waals surface area contributed by atoms with E-state index in [0.29, 0.717) is 11.4 Å². The van der Waals surface area contributed by atoms with Crippen molar-refractivity contribution >= 4 is 17.9 Å². The number of fused-ring (bicyclic) bond motifs is 1. The predicted molar refractivity (Wildman–Crippen MR) is 98.9 cm³/mol. The third kappa shape index (κ3) is 2.94. The fourth-order valence-corrected chi connectivity index (χ4v) is 3.88. The molecule has 1 aromatic heterocycles. The van der Waals surface area contributed by atoms with Crippen molar-refractivity contribution < 1.29 is 4.79 Å². The third-order valence-corrected chi connectivity index (χ3v) is 5.03. The zero-order valence-corrected chi connectivity index (χ0v) is 14.9. The van der Waals surface area contributed by atoms with Crippen molar-refractivity contribution in [1.29, 1.82) is 0 Å². The molecule has 0 aromatic carbocycles. The lowest BCUT2D eigenvalue weighted by Crippen LogP contribution is -2.44. The van der Waals surface area contributed by atoms with E-state index in [-0.39, 0.29) is 17.0 Å². The summed E-state index contributed by atoms with van der Waals surface area (Å²) in [7, 11) is 0. The van der Waals surface area contributed by atoms with Gasteiger partial charge >= 0.3 is 0 Å². The number of carbonyl (C=O) groups excluding carboxylic acids is 1. The number of nitrogens with two attached hydrogens (primary N) is 1. The van der Waals surface area contributed by atoms with Crippen LogP contribution >= 0.6 is 0 Å². The zero-order valence-electron chi connectivity index (χ0n) is 14.9. The third-order valence-electron chi connectivity index (χ3n) is 5.03. The van der Waals surface area contributed by atoms with Gasteiger partial charge in [-0.05, 0) is 51.3 Å². The Balaban J connectivity index is 2.06. The number of hydrogen-bond acceptors (Lipinski definition) is 4. The second kappa shape index (κ2) is 6.06. The lowest BCUT2D eigenvalue weighted by molar-refractivity contribution is 0.0934. The monoisotopic (exact) mass is 343 g/mol. The summed E-state index contributed by atoms with van der Waals surface area (Å²) in [4.78, 5) is 29.2. The molecule has 0 radical (unpaired) electrons. The van der Waals surface area contributed by atoms with Crippen molar-refractivity contribution in [2.24, 2.45) is 10.7 Å². The van der Waals surface area contributed by atoms with Crippen LogP contribution in [0.3, 0.4) is 0 Å². The topological polar surface area (TPSA) is 102 Å². The lowest BCUT2D eigenvalue weighted by Gasteiger charge is -2.29. The van der Waals surface area contributed by atoms with Gasteiger partial charge in [-0.3, -0.25) is 14.2 Å². The number of nitrogens with one attached hydrogen (secondary N) is 2. The van der Waals surface area contributed by atoms with E-state index < -0.39 is 5.66 Å². The molecular formula is C18H25N5O2. The average molecular weight is 343 g/mol. The minimum Gasteiger partial charge on any atom is -0.390 e. The maximum atomic E-state index is 13.1. The van der Waals surface area contributed by atoms with E-state index in [1.807, 2.05) is 26.8 Å². The first-order valence-electron chi connectivity index (χ1n) is 8.59. The summed E-state index contributed by atoms with van der Waals surface area (Å²) in [5.74, 6) is -0.209. The predicted octanol–water partition coefficient (Wildman–Crippen LogP) is 1.82. The molecule has 1 fully saturated rings. The molecule has 25 heavy (non-hydrogen) atoms. The molecule has 7 heteroatoms. The van der Waals surface area contributed by atoms with Crippen LogP contribution in [-0.2, 0) is 5.66 Å². The molecule has 1 aliphatic heterocycles. The van der Waals surface area contributed by atoms with Gasteiger partial charge in [0.1, 0.15) is 17.0 Å². The van der Waals surface area contributed by atoms with Gasteiger partial charge in [-0.1, -0.05) is 12.8 Å². The normalized spacial score (nSPS) is 21.0. The molecular weight excluding hydrogens is 318 g/mol. The summed E-state index contributed by atoms with van der Waals surface area (Å²) < 4.78 is 1.55. The summed E-state index contributed by atoms with van der Waals surface area (Å²) in [5, 5.41) is 6.29. The fraction of sp³-hybridized carbons (Fsp3) is 0.500. The molecule has 0 spiro atoms. The van der Waals surface area contributed by atoms with Crippen LogP contribution < -0.4 is 21.9 Å². The Bertz CT molecular complexity index is 813. The van der Waals surface area contributed by atoms with E-state index in [2.05, 4.69) is 15.6 Å². The molecule has 0 atom stereocenters. The van der Waals surface area contributed by atoms with Crippen LogP contribution in [0.5, 0.6) is 0 Å². The highest BCUT2D eigenvalue weighted by atomic mass is 16.2. The zero-order chi connectivity index (χ0) is 18.2. The first-order valence-corrected chi connectivity index (χ1v) is 8.59. The van der Waals surface area contributed by atoms with E-state index in [1.54, 1.807) is 16.8 Å². The van der Waals surface area contributed by atoms with Crippen molar-refractivity contribution in [3.05, 3.63) is 40.0 Å². The number of carbonyl (C=O) groups is 1. The second-order valence-corrected chi connectivity index (χ2v) is 7.35. The summed E-state index contributed by atoms with van der Waals surface area (Å²) in [6.45, 7) is 5.51. The smallest absolute Gasteiger partial charge is 0.276 e. The van der Waals surface area contributed by atoms with Gasteiger partial charge in [0.05, 0.1) is 11.9 Å².